The molecule has 0 amide bonds. The van der Waals surface area contributed by atoms with Crippen molar-refractivity contribution in [2.75, 3.05) is 0 Å². The van der Waals surface area contributed by atoms with Gasteiger partial charge in [-0.2, -0.15) is 5.10 Å². The number of benzene rings is 1. The molecule has 3 N–H and O–H groups in total. The summed E-state index contributed by atoms with van der Waals surface area (Å²) in [5, 5.41) is 24.1. The molecule has 0 aliphatic heterocycles. The Balaban J connectivity index is 2.78. The van der Waals surface area contributed by atoms with Gasteiger partial charge in [0, 0.05) is 9.86 Å². The van der Waals surface area contributed by atoms with Crippen LogP contribution in [0.25, 0.3) is 10.9 Å². The summed E-state index contributed by atoms with van der Waals surface area (Å²) in [6.45, 7) is 0. The molecule has 2 aromatic rings. The minimum Gasteiger partial charge on any atom is -0.478 e. The molecular weight excluding hydrogens is 280 g/mol. The van der Waals surface area contributed by atoms with Crippen molar-refractivity contribution in [2.24, 2.45) is 0 Å². The number of fused-ring (bicyclic) bond motifs is 1. The van der Waals surface area contributed by atoms with Crippen molar-refractivity contribution >= 4 is 38.8 Å². The Kier molecular flexibility index (Phi) is 2.39. The Morgan fingerprint density at radius 1 is 1.25 bits per heavy atom. The van der Waals surface area contributed by atoms with Crippen LogP contribution in [0.3, 0.4) is 0 Å². The monoisotopic (exact) mass is 284 g/mol. The quantitative estimate of drug-likeness (QED) is 0.779. The molecular formula is C9H5BrN2O4. The van der Waals surface area contributed by atoms with E-state index in [2.05, 4.69) is 26.1 Å². The first kappa shape index (κ1) is 10.6. The third-order valence-electron chi connectivity index (χ3n) is 2.06. The zero-order chi connectivity index (χ0) is 11.9. The highest BCUT2D eigenvalue weighted by Crippen LogP contribution is 2.27. The molecule has 7 heteroatoms. The lowest BCUT2D eigenvalue weighted by Crippen LogP contribution is -1.98. The van der Waals surface area contributed by atoms with Gasteiger partial charge in [-0.1, -0.05) is 0 Å². The average molecular weight is 285 g/mol. The molecule has 0 fully saturated rings. The number of carboxylic acids is 2. The van der Waals surface area contributed by atoms with E-state index < -0.39 is 11.9 Å². The van der Waals surface area contributed by atoms with Crippen LogP contribution >= 0.6 is 15.9 Å². The molecule has 1 heterocycles. The first-order chi connectivity index (χ1) is 7.50. The second-order valence-electron chi connectivity index (χ2n) is 3.06. The molecule has 0 radical (unpaired) electrons. The maximum absolute atomic E-state index is 10.8. The number of hydrogen-bond acceptors (Lipinski definition) is 3. The summed E-state index contributed by atoms with van der Waals surface area (Å²) < 4.78 is 0.383. The van der Waals surface area contributed by atoms with Crippen molar-refractivity contribution in [1.82, 2.24) is 10.2 Å². The number of rotatable bonds is 2. The molecule has 6 nitrogen and oxygen atoms in total. The zero-order valence-corrected chi connectivity index (χ0v) is 9.28. The molecule has 0 unspecified atom stereocenters. The van der Waals surface area contributed by atoms with Crippen LogP contribution in [0.5, 0.6) is 0 Å². The predicted molar refractivity (Wildman–Crippen MR) is 57.7 cm³/mol. The molecule has 0 atom stereocenters. The largest absolute Gasteiger partial charge is 0.478 e. The predicted octanol–water partition coefficient (Wildman–Crippen LogP) is 1.72. The van der Waals surface area contributed by atoms with E-state index in [1.54, 1.807) is 0 Å². The van der Waals surface area contributed by atoms with Gasteiger partial charge in [0.25, 0.3) is 0 Å². The van der Waals surface area contributed by atoms with Crippen LogP contribution in [0, 0.1) is 0 Å². The van der Waals surface area contributed by atoms with E-state index in [1.807, 2.05) is 0 Å². The van der Waals surface area contributed by atoms with Crippen LogP contribution < -0.4 is 0 Å². The van der Waals surface area contributed by atoms with Crippen LogP contribution in [-0.4, -0.2) is 32.3 Å². The Labute approximate surface area is 97.0 Å². The maximum atomic E-state index is 10.8. The Hall–Kier alpha value is -1.89. The van der Waals surface area contributed by atoms with Crippen LogP contribution in [0.1, 0.15) is 20.8 Å². The molecule has 0 aliphatic carbocycles. The summed E-state index contributed by atoms with van der Waals surface area (Å²) >= 11 is 3.13. The molecule has 1 aromatic carbocycles. The highest BCUT2D eigenvalue weighted by Gasteiger charge is 2.17. The molecule has 82 valence electrons. The number of nitrogens with one attached hydrogen (secondary N) is 1. The normalized spacial score (nSPS) is 10.6. The number of aromatic nitrogens is 2. The van der Waals surface area contributed by atoms with Gasteiger partial charge in [-0.15, -0.1) is 0 Å². The summed E-state index contributed by atoms with van der Waals surface area (Å²) in [6, 6.07) is 2.68. The minimum absolute atomic E-state index is 0.0555. The average Bonchev–Trinajstić information content (AvgIpc) is 2.61. The van der Waals surface area contributed by atoms with E-state index in [0.717, 1.165) is 0 Å². The summed E-state index contributed by atoms with van der Waals surface area (Å²) in [7, 11) is 0. The van der Waals surface area contributed by atoms with E-state index in [0.29, 0.717) is 15.4 Å². The fourth-order valence-electron chi connectivity index (χ4n) is 1.39. The highest BCUT2D eigenvalue weighted by atomic mass is 79.9. The lowest BCUT2D eigenvalue weighted by molar-refractivity contribution is 0.0684. The van der Waals surface area contributed by atoms with Crippen molar-refractivity contribution in [3.63, 3.8) is 0 Å². The molecule has 16 heavy (non-hydrogen) atoms. The van der Waals surface area contributed by atoms with E-state index >= 15 is 0 Å². The van der Waals surface area contributed by atoms with Gasteiger partial charge >= 0.3 is 11.9 Å². The van der Waals surface area contributed by atoms with E-state index in [-0.39, 0.29) is 11.3 Å². The van der Waals surface area contributed by atoms with Crippen molar-refractivity contribution < 1.29 is 19.8 Å². The molecule has 2 rings (SSSR count). The number of halogens is 1. The maximum Gasteiger partial charge on any atom is 0.357 e. The first-order valence-corrected chi connectivity index (χ1v) is 4.94. The van der Waals surface area contributed by atoms with Crippen molar-refractivity contribution in [3.05, 3.63) is 27.9 Å². The molecule has 0 aliphatic rings. The number of aromatic amines is 1. The third kappa shape index (κ3) is 1.54. The number of nitrogens with zero attached hydrogens (tertiary/aromatic N) is 1. The standard InChI is InChI=1S/C9H5BrN2O4/c10-4-1-3(8(13)14)2-5-6(4)7(9(15)16)12-11-5/h1-2H,(H,11,12)(H,13,14)(H,15,16). The number of hydrogen-bond donors (Lipinski definition) is 3. The smallest absolute Gasteiger partial charge is 0.357 e. The van der Waals surface area contributed by atoms with Crippen LogP contribution in [0.4, 0.5) is 0 Å². The molecule has 0 spiro atoms. The summed E-state index contributed by atoms with van der Waals surface area (Å²) in [4.78, 5) is 21.6. The summed E-state index contributed by atoms with van der Waals surface area (Å²) in [5.41, 5.74) is 0.281. The fraction of sp³-hybridized carbons (Fsp3) is 0. The Morgan fingerprint density at radius 2 is 1.94 bits per heavy atom. The molecule has 0 saturated carbocycles. The highest BCUT2D eigenvalue weighted by molar-refractivity contribution is 9.10. The van der Waals surface area contributed by atoms with Crippen molar-refractivity contribution in [3.8, 4) is 0 Å². The van der Waals surface area contributed by atoms with Gasteiger partial charge in [-0.3, -0.25) is 5.10 Å². The van der Waals surface area contributed by atoms with E-state index in [1.165, 1.54) is 12.1 Å². The molecule has 1 aromatic heterocycles. The van der Waals surface area contributed by atoms with Gasteiger partial charge in [0.2, 0.25) is 0 Å². The Morgan fingerprint density at radius 3 is 2.50 bits per heavy atom. The number of carboxylic acid groups (broad SMARTS) is 2. The van der Waals surface area contributed by atoms with Gasteiger partial charge in [0.05, 0.1) is 11.1 Å². The minimum atomic E-state index is -1.17. The second-order valence-corrected chi connectivity index (χ2v) is 3.92. The fourth-order valence-corrected chi connectivity index (χ4v) is 2.03. The van der Waals surface area contributed by atoms with Gasteiger partial charge < -0.3 is 10.2 Å². The van der Waals surface area contributed by atoms with Crippen molar-refractivity contribution in [2.45, 2.75) is 0 Å². The SMILES string of the molecule is O=C(O)c1cc(Br)c2c(C(=O)O)n[nH]c2c1. The van der Waals surface area contributed by atoms with Crippen LogP contribution in [0.15, 0.2) is 16.6 Å². The van der Waals surface area contributed by atoms with Crippen molar-refractivity contribution in [1.29, 1.82) is 0 Å². The number of carbonyl (C=O) groups is 2. The second kappa shape index (κ2) is 3.60. The van der Waals surface area contributed by atoms with Gasteiger partial charge in [0.1, 0.15) is 0 Å². The topological polar surface area (TPSA) is 103 Å². The number of aromatic carboxylic acids is 2. The summed E-state index contributed by atoms with van der Waals surface area (Å²) in [5.74, 6) is -2.26. The lowest BCUT2D eigenvalue weighted by atomic mass is 10.1. The lowest BCUT2D eigenvalue weighted by Gasteiger charge is -1.98. The Bertz CT molecular complexity index is 605. The third-order valence-corrected chi connectivity index (χ3v) is 2.69. The zero-order valence-electron chi connectivity index (χ0n) is 7.69. The first-order valence-electron chi connectivity index (χ1n) is 4.15. The van der Waals surface area contributed by atoms with Crippen LogP contribution in [-0.2, 0) is 0 Å². The molecule has 0 saturated heterocycles. The van der Waals surface area contributed by atoms with Crippen LogP contribution in [0.2, 0.25) is 0 Å². The van der Waals surface area contributed by atoms with Gasteiger partial charge in [-0.05, 0) is 28.1 Å². The van der Waals surface area contributed by atoms with Gasteiger partial charge in [0.15, 0.2) is 5.69 Å². The van der Waals surface area contributed by atoms with E-state index in [9.17, 15) is 9.59 Å². The number of H-pyrrole nitrogens is 1. The summed E-state index contributed by atoms with van der Waals surface area (Å²) in [6.07, 6.45) is 0. The molecule has 0 bridgehead atoms. The van der Waals surface area contributed by atoms with E-state index in [4.69, 9.17) is 10.2 Å². The van der Waals surface area contributed by atoms with Gasteiger partial charge in [-0.25, -0.2) is 9.59 Å².